The molecule has 132 valence electrons. The third kappa shape index (κ3) is 3.87. The van der Waals surface area contributed by atoms with E-state index in [2.05, 4.69) is 10.2 Å². The van der Waals surface area contributed by atoms with Gasteiger partial charge < -0.3 is 14.5 Å². The maximum Gasteiger partial charge on any atom is 0.290 e. The van der Waals surface area contributed by atoms with Gasteiger partial charge in [0.15, 0.2) is 0 Å². The van der Waals surface area contributed by atoms with E-state index in [1.807, 2.05) is 42.5 Å². The highest BCUT2D eigenvalue weighted by atomic mass is 16.6. The Kier molecular flexibility index (Phi) is 4.74. The number of rotatable bonds is 5. The third-order valence-electron chi connectivity index (χ3n) is 5.17. The number of furan rings is 1. The molecule has 2 aliphatic heterocycles. The second-order valence-electron chi connectivity index (χ2n) is 6.94. The summed E-state index contributed by atoms with van der Waals surface area (Å²) in [6.45, 7) is 2.64. The Balaban J connectivity index is 1.41. The van der Waals surface area contributed by atoms with Crippen LogP contribution in [0.25, 0.3) is 0 Å². The molecule has 5 nitrogen and oxygen atoms in total. The Labute approximate surface area is 148 Å². The molecule has 3 heterocycles. The predicted molar refractivity (Wildman–Crippen MR) is 94.4 cm³/mol. The maximum absolute atomic E-state index is 11.6. The highest BCUT2D eigenvalue weighted by Gasteiger charge is 2.34. The van der Waals surface area contributed by atoms with Gasteiger partial charge in [-0.05, 0) is 37.6 Å². The zero-order valence-electron chi connectivity index (χ0n) is 14.3. The lowest BCUT2D eigenvalue weighted by Crippen LogP contribution is -2.44. The van der Waals surface area contributed by atoms with Gasteiger partial charge in [0.25, 0.3) is 5.95 Å². The molecule has 0 saturated carbocycles. The largest absolute Gasteiger partial charge is 0.429 e. The van der Waals surface area contributed by atoms with Gasteiger partial charge in [0.2, 0.25) is 5.91 Å². The Morgan fingerprint density at radius 1 is 1.16 bits per heavy atom. The topological polar surface area (TPSA) is 54.7 Å². The van der Waals surface area contributed by atoms with Crippen molar-refractivity contribution in [1.29, 1.82) is 0 Å². The molecule has 0 aliphatic carbocycles. The summed E-state index contributed by atoms with van der Waals surface area (Å²) in [5, 5.41) is 2.97. The molecule has 0 bridgehead atoms. The minimum absolute atomic E-state index is 0.187. The van der Waals surface area contributed by atoms with Crippen LogP contribution in [0.15, 0.2) is 46.9 Å². The van der Waals surface area contributed by atoms with Gasteiger partial charge in [-0.1, -0.05) is 24.6 Å². The molecule has 2 aliphatic rings. The first-order valence-corrected chi connectivity index (χ1v) is 9.10. The van der Waals surface area contributed by atoms with E-state index in [0.717, 1.165) is 37.6 Å². The smallest absolute Gasteiger partial charge is 0.290 e. The van der Waals surface area contributed by atoms with E-state index in [4.69, 9.17) is 9.15 Å². The molecule has 2 aromatic rings. The Hall–Kier alpha value is -2.27. The number of para-hydroxylation sites is 1. The van der Waals surface area contributed by atoms with E-state index in [-0.39, 0.29) is 5.91 Å². The first-order chi connectivity index (χ1) is 12.3. The normalized spacial score (nSPS) is 24.2. The number of likely N-dealkylation sites (tertiary alicyclic amines) is 1. The molecule has 1 aromatic heterocycles. The third-order valence-corrected chi connectivity index (χ3v) is 5.17. The summed E-state index contributed by atoms with van der Waals surface area (Å²) in [7, 11) is 0. The zero-order chi connectivity index (χ0) is 17.1. The average Bonchev–Trinajstić information content (AvgIpc) is 3.25. The Bertz CT molecular complexity index is 713. The summed E-state index contributed by atoms with van der Waals surface area (Å²) in [4.78, 5) is 14.0. The fraction of sp³-hybridized carbons (Fsp3) is 0.450. The Morgan fingerprint density at radius 2 is 2.04 bits per heavy atom. The molecule has 1 N–H and O–H groups in total. The summed E-state index contributed by atoms with van der Waals surface area (Å²) in [5.74, 6) is 2.81. The lowest BCUT2D eigenvalue weighted by atomic mass is 9.89. The van der Waals surface area contributed by atoms with Crippen LogP contribution in [-0.2, 0) is 11.3 Å². The van der Waals surface area contributed by atoms with E-state index < -0.39 is 0 Å². The van der Waals surface area contributed by atoms with Crippen molar-refractivity contribution in [2.24, 2.45) is 5.92 Å². The molecule has 2 saturated heterocycles. The van der Waals surface area contributed by atoms with Gasteiger partial charge in [0.1, 0.15) is 11.5 Å². The summed E-state index contributed by atoms with van der Waals surface area (Å²) in [6.07, 6.45) is 4.26. The van der Waals surface area contributed by atoms with Crippen molar-refractivity contribution in [2.75, 3.05) is 13.1 Å². The number of carbonyl (C=O) groups excluding carboxylic acids is 1. The SMILES string of the molecule is O=C1C[C@@H]([C@H]2CCCCN2Cc2ccc(Oc3ccccc3)o2)CN1. The number of carbonyl (C=O) groups is 1. The van der Waals surface area contributed by atoms with Gasteiger partial charge in [-0.15, -0.1) is 0 Å². The van der Waals surface area contributed by atoms with Crippen molar-refractivity contribution < 1.29 is 13.9 Å². The van der Waals surface area contributed by atoms with E-state index in [1.165, 1.54) is 12.8 Å². The van der Waals surface area contributed by atoms with E-state index in [9.17, 15) is 4.79 Å². The van der Waals surface area contributed by atoms with Crippen molar-refractivity contribution in [3.8, 4) is 11.7 Å². The first kappa shape index (κ1) is 16.2. The van der Waals surface area contributed by atoms with Crippen molar-refractivity contribution in [3.63, 3.8) is 0 Å². The fourth-order valence-corrected chi connectivity index (χ4v) is 3.95. The van der Waals surface area contributed by atoms with Gasteiger partial charge in [-0.2, -0.15) is 0 Å². The van der Waals surface area contributed by atoms with Crippen LogP contribution in [0.3, 0.4) is 0 Å². The number of piperidine rings is 1. The van der Waals surface area contributed by atoms with Gasteiger partial charge in [-0.25, -0.2) is 0 Å². The summed E-state index contributed by atoms with van der Waals surface area (Å²) in [6, 6.07) is 14.0. The highest BCUT2D eigenvalue weighted by Crippen LogP contribution is 2.30. The number of benzene rings is 1. The average molecular weight is 340 g/mol. The molecule has 2 atom stereocenters. The van der Waals surface area contributed by atoms with Crippen LogP contribution in [0.4, 0.5) is 0 Å². The summed E-state index contributed by atoms with van der Waals surface area (Å²) in [5.41, 5.74) is 0. The minimum Gasteiger partial charge on any atom is -0.429 e. The van der Waals surface area contributed by atoms with E-state index in [0.29, 0.717) is 24.3 Å². The molecule has 4 rings (SSSR count). The Morgan fingerprint density at radius 3 is 2.84 bits per heavy atom. The van der Waals surface area contributed by atoms with Crippen molar-refractivity contribution >= 4 is 5.91 Å². The lowest BCUT2D eigenvalue weighted by molar-refractivity contribution is -0.119. The molecule has 2 fully saturated rings. The zero-order valence-corrected chi connectivity index (χ0v) is 14.3. The van der Waals surface area contributed by atoms with Crippen LogP contribution >= 0.6 is 0 Å². The van der Waals surface area contributed by atoms with Gasteiger partial charge in [0.05, 0.1) is 6.54 Å². The van der Waals surface area contributed by atoms with Crippen LogP contribution < -0.4 is 10.1 Å². The number of hydrogen-bond acceptors (Lipinski definition) is 4. The molecule has 0 unspecified atom stereocenters. The summed E-state index contributed by atoms with van der Waals surface area (Å²) < 4.78 is 11.6. The van der Waals surface area contributed by atoms with Crippen LogP contribution in [-0.4, -0.2) is 29.9 Å². The molecule has 1 aromatic carbocycles. The van der Waals surface area contributed by atoms with Crippen LogP contribution in [0.2, 0.25) is 0 Å². The van der Waals surface area contributed by atoms with Crippen LogP contribution in [0.1, 0.15) is 31.4 Å². The molecular formula is C20H24N2O3. The molecule has 5 heteroatoms. The van der Waals surface area contributed by atoms with E-state index >= 15 is 0 Å². The minimum atomic E-state index is 0.187. The second-order valence-corrected chi connectivity index (χ2v) is 6.94. The maximum atomic E-state index is 11.6. The quantitative estimate of drug-likeness (QED) is 0.904. The second kappa shape index (κ2) is 7.31. The highest BCUT2D eigenvalue weighted by molar-refractivity contribution is 5.78. The number of hydrogen-bond donors (Lipinski definition) is 1. The lowest BCUT2D eigenvalue weighted by Gasteiger charge is -2.38. The van der Waals surface area contributed by atoms with Crippen LogP contribution in [0.5, 0.6) is 11.7 Å². The first-order valence-electron chi connectivity index (χ1n) is 9.10. The fourth-order valence-electron chi connectivity index (χ4n) is 3.95. The standard InChI is InChI=1S/C20H24N2O3/c23-19-12-15(13-21-19)18-8-4-5-11-22(18)14-17-9-10-20(25-17)24-16-6-2-1-3-7-16/h1-3,6-7,9-10,15,18H,4-5,8,11-14H2,(H,21,23)/t15-,18-/m1/s1. The molecular weight excluding hydrogens is 316 g/mol. The molecule has 0 spiro atoms. The molecule has 25 heavy (non-hydrogen) atoms. The number of nitrogens with one attached hydrogen (secondary N) is 1. The summed E-state index contributed by atoms with van der Waals surface area (Å²) >= 11 is 0. The van der Waals surface area contributed by atoms with Crippen molar-refractivity contribution in [1.82, 2.24) is 10.2 Å². The van der Waals surface area contributed by atoms with Crippen molar-refractivity contribution in [2.45, 2.75) is 38.3 Å². The van der Waals surface area contributed by atoms with E-state index in [1.54, 1.807) is 0 Å². The van der Waals surface area contributed by atoms with Gasteiger partial charge >= 0.3 is 0 Å². The molecule has 0 radical (unpaired) electrons. The van der Waals surface area contributed by atoms with Gasteiger partial charge in [0, 0.05) is 31.0 Å². The van der Waals surface area contributed by atoms with Crippen molar-refractivity contribution in [3.05, 3.63) is 48.2 Å². The molecule has 1 amide bonds. The van der Waals surface area contributed by atoms with Gasteiger partial charge in [-0.3, -0.25) is 9.69 Å². The monoisotopic (exact) mass is 340 g/mol. The number of nitrogens with zero attached hydrogens (tertiary/aromatic N) is 1. The predicted octanol–water partition coefficient (Wildman–Crippen LogP) is 3.56. The number of amides is 1. The van der Waals surface area contributed by atoms with Crippen LogP contribution in [0, 0.1) is 5.92 Å². The number of ether oxygens (including phenoxy) is 1.